The van der Waals surface area contributed by atoms with Crippen molar-refractivity contribution < 1.29 is 14.3 Å². The number of para-hydroxylation sites is 1. The molecule has 204 valence electrons. The normalized spacial score (nSPS) is 14.1. The summed E-state index contributed by atoms with van der Waals surface area (Å²) in [5, 5.41) is 11.2. The fourth-order valence-corrected chi connectivity index (χ4v) is 4.89. The lowest BCUT2D eigenvalue weighted by Gasteiger charge is -2.29. The smallest absolute Gasteiger partial charge is 0.255 e. The maximum Gasteiger partial charge on any atom is 0.255 e. The zero-order chi connectivity index (χ0) is 28.2. The molecule has 0 bridgehead atoms. The van der Waals surface area contributed by atoms with Crippen molar-refractivity contribution in [1.29, 1.82) is 0 Å². The molecule has 0 saturated carbocycles. The third-order valence-corrected chi connectivity index (χ3v) is 6.90. The molecule has 5 aromatic rings. The molecule has 0 fully saturated rings. The van der Waals surface area contributed by atoms with Gasteiger partial charge in [-0.15, -0.1) is 5.10 Å². The largest absolute Gasteiger partial charge is 0.493 e. The molecule has 1 atom stereocenters. The Labute approximate surface area is 238 Å². The molecule has 0 aliphatic carbocycles. The second-order valence-corrected chi connectivity index (χ2v) is 9.64. The number of benzene rings is 4. The molecule has 8 heteroatoms. The van der Waals surface area contributed by atoms with Crippen LogP contribution < -0.4 is 20.1 Å². The number of methoxy groups -OCH3 is 1. The van der Waals surface area contributed by atoms with E-state index in [0.29, 0.717) is 46.8 Å². The standard InChI is InChI=1S/C33H29N5O3/c1-22-29(32(39)35-26-16-10-5-11-17-26)30(38-33(34-22)36-31(37-38)24-14-8-4-9-15-24)25-18-19-27(28(20-25)40-2)41-21-23-12-6-3-7-13-23/h3-20,30H,21H2,1-2H3,(H,35,39)(H,34,36,37). The lowest BCUT2D eigenvalue weighted by molar-refractivity contribution is -0.113. The first-order valence-corrected chi connectivity index (χ1v) is 13.3. The minimum absolute atomic E-state index is 0.239. The van der Waals surface area contributed by atoms with Crippen molar-refractivity contribution in [3.63, 3.8) is 0 Å². The minimum Gasteiger partial charge on any atom is -0.493 e. The van der Waals surface area contributed by atoms with Crippen molar-refractivity contribution in [2.45, 2.75) is 19.6 Å². The molecule has 0 saturated heterocycles. The first-order valence-electron chi connectivity index (χ1n) is 13.3. The van der Waals surface area contributed by atoms with Gasteiger partial charge in [-0.2, -0.15) is 4.98 Å². The third kappa shape index (κ3) is 5.40. The van der Waals surface area contributed by atoms with E-state index in [-0.39, 0.29) is 5.91 Å². The lowest BCUT2D eigenvalue weighted by Crippen LogP contribution is -2.31. The number of amides is 1. The molecule has 1 amide bonds. The summed E-state index contributed by atoms with van der Waals surface area (Å²) >= 11 is 0. The van der Waals surface area contributed by atoms with Crippen molar-refractivity contribution >= 4 is 17.5 Å². The van der Waals surface area contributed by atoms with Crippen LogP contribution in [0.5, 0.6) is 11.5 Å². The molecule has 6 rings (SSSR count). The summed E-state index contributed by atoms with van der Waals surface area (Å²) in [5.74, 6) is 2.03. The van der Waals surface area contributed by atoms with E-state index in [9.17, 15) is 4.79 Å². The van der Waals surface area contributed by atoms with E-state index in [1.807, 2.05) is 116 Å². The number of carbonyl (C=O) groups is 1. The zero-order valence-electron chi connectivity index (χ0n) is 22.7. The van der Waals surface area contributed by atoms with E-state index in [2.05, 4.69) is 10.6 Å². The highest BCUT2D eigenvalue weighted by Crippen LogP contribution is 2.40. The number of carbonyl (C=O) groups excluding carboxylic acids is 1. The highest BCUT2D eigenvalue weighted by atomic mass is 16.5. The van der Waals surface area contributed by atoms with E-state index < -0.39 is 6.04 Å². The van der Waals surface area contributed by atoms with Crippen LogP contribution in [0.15, 0.2) is 120 Å². The Morgan fingerprint density at radius 2 is 1.59 bits per heavy atom. The number of nitrogens with one attached hydrogen (secondary N) is 2. The van der Waals surface area contributed by atoms with Crippen LogP contribution >= 0.6 is 0 Å². The number of rotatable bonds is 8. The van der Waals surface area contributed by atoms with Gasteiger partial charge < -0.3 is 20.1 Å². The second kappa shape index (κ2) is 11.4. The number of fused-ring (bicyclic) bond motifs is 1. The molecule has 8 nitrogen and oxygen atoms in total. The maximum atomic E-state index is 13.8. The molecule has 41 heavy (non-hydrogen) atoms. The zero-order valence-corrected chi connectivity index (χ0v) is 22.7. The van der Waals surface area contributed by atoms with E-state index in [4.69, 9.17) is 19.6 Å². The van der Waals surface area contributed by atoms with Crippen LogP contribution in [0.3, 0.4) is 0 Å². The Hall–Kier alpha value is -5.37. The molecule has 2 heterocycles. The van der Waals surface area contributed by atoms with Crippen LogP contribution in [0.1, 0.15) is 24.1 Å². The van der Waals surface area contributed by atoms with Crippen LogP contribution in [0.25, 0.3) is 11.4 Å². The first kappa shape index (κ1) is 25.9. The van der Waals surface area contributed by atoms with Gasteiger partial charge in [0.05, 0.1) is 12.7 Å². The molecular weight excluding hydrogens is 514 g/mol. The molecule has 4 aromatic carbocycles. The summed E-state index contributed by atoms with van der Waals surface area (Å²) in [6.07, 6.45) is 0. The van der Waals surface area contributed by atoms with Crippen molar-refractivity contribution in [1.82, 2.24) is 14.8 Å². The summed E-state index contributed by atoms with van der Waals surface area (Å²) in [7, 11) is 1.61. The van der Waals surface area contributed by atoms with Gasteiger partial charge in [-0.25, -0.2) is 4.68 Å². The lowest BCUT2D eigenvalue weighted by atomic mass is 9.94. The fourth-order valence-electron chi connectivity index (χ4n) is 4.89. The number of nitrogens with zero attached hydrogens (tertiary/aromatic N) is 3. The van der Waals surface area contributed by atoms with Gasteiger partial charge in [0.2, 0.25) is 5.95 Å². The molecule has 0 radical (unpaired) electrons. The van der Waals surface area contributed by atoms with E-state index >= 15 is 0 Å². The maximum absolute atomic E-state index is 13.8. The highest BCUT2D eigenvalue weighted by Gasteiger charge is 2.35. The topological polar surface area (TPSA) is 90.3 Å². The first-order chi connectivity index (χ1) is 20.1. The second-order valence-electron chi connectivity index (χ2n) is 9.64. The van der Waals surface area contributed by atoms with Gasteiger partial charge in [-0.1, -0.05) is 84.9 Å². The highest BCUT2D eigenvalue weighted by molar-refractivity contribution is 6.06. The minimum atomic E-state index is -0.572. The Morgan fingerprint density at radius 3 is 2.29 bits per heavy atom. The van der Waals surface area contributed by atoms with Gasteiger partial charge in [0, 0.05) is 16.9 Å². The SMILES string of the molecule is COc1cc(C2C(C(=O)Nc3ccccc3)=C(C)Nc3nc(-c4ccccc4)nn32)ccc1OCc1ccccc1. The molecule has 1 aliphatic heterocycles. The summed E-state index contributed by atoms with van der Waals surface area (Å²) in [6, 6.07) is 34.2. The fraction of sp³-hybridized carbons (Fsp3) is 0.121. The Balaban J connectivity index is 1.40. The summed E-state index contributed by atoms with van der Waals surface area (Å²) in [6.45, 7) is 2.28. The molecule has 2 N–H and O–H groups in total. The van der Waals surface area contributed by atoms with Gasteiger partial charge in [0.1, 0.15) is 12.6 Å². The third-order valence-electron chi connectivity index (χ3n) is 6.90. The summed E-state index contributed by atoms with van der Waals surface area (Å²) in [4.78, 5) is 18.6. The molecule has 1 aliphatic rings. The van der Waals surface area contributed by atoms with E-state index in [0.717, 1.165) is 16.7 Å². The van der Waals surface area contributed by atoms with Crippen LogP contribution in [0, 0.1) is 0 Å². The average Bonchev–Trinajstić information content (AvgIpc) is 3.44. The number of hydrogen-bond donors (Lipinski definition) is 2. The number of allylic oxidation sites excluding steroid dienone is 1. The molecule has 1 unspecified atom stereocenters. The summed E-state index contributed by atoms with van der Waals surface area (Å²) in [5.41, 5.74) is 4.64. The van der Waals surface area contributed by atoms with Crippen LogP contribution in [-0.4, -0.2) is 27.8 Å². The van der Waals surface area contributed by atoms with E-state index in [1.165, 1.54) is 0 Å². The summed E-state index contributed by atoms with van der Waals surface area (Å²) < 4.78 is 13.6. The van der Waals surface area contributed by atoms with E-state index in [1.54, 1.807) is 11.8 Å². The number of anilines is 2. The van der Waals surface area contributed by atoms with Gasteiger partial charge in [-0.05, 0) is 42.3 Å². The number of ether oxygens (including phenoxy) is 2. The average molecular weight is 544 g/mol. The van der Waals surface area contributed by atoms with Crippen LogP contribution in [-0.2, 0) is 11.4 Å². The predicted octanol–water partition coefficient (Wildman–Crippen LogP) is 6.46. The van der Waals surface area contributed by atoms with Crippen molar-refractivity contribution in [3.8, 4) is 22.9 Å². The number of aromatic nitrogens is 3. The predicted molar refractivity (Wildman–Crippen MR) is 159 cm³/mol. The van der Waals surface area contributed by atoms with Crippen molar-refractivity contribution in [2.24, 2.45) is 0 Å². The Kier molecular flexibility index (Phi) is 7.19. The molecular formula is C33H29N5O3. The monoisotopic (exact) mass is 543 g/mol. The van der Waals surface area contributed by atoms with Crippen molar-refractivity contribution in [2.75, 3.05) is 17.7 Å². The Bertz CT molecular complexity index is 1700. The Morgan fingerprint density at radius 1 is 0.902 bits per heavy atom. The van der Waals surface area contributed by atoms with Crippen molar-refractivity contribution in [3.05, 3.63) is 132 Å². The van der Waals surface area contributed by atoms with Gasteiger partial charge >= 0.3 is 0 Å². The van der Waals surface area contributed by atoms with Gasteiger partial charge in [0.25, 0.3) is 5.91 Å². The van der Waals surface area contributed by atoms with Crippen LogP contribution in [0.4, 0.5) is 11.6 Å². The molecule has 1 aromatic heterocycles. The molecule has 0 spiro atoms. The van der Waals surface area contributed by atoms with Gasteiger partial charge in [0.15, 0.2) is 17.3 Å². The van der Waals surface area contributed by atoms with Crippen LogP contribution in [0.2, 0.25) is 0 Å². The number of hydrogen-bond acceptors (Lipinski definition) is 6. The van der Waals surface area contributed by atoms with Gasteiger partial charge in [-0.3, -0.25) is 4.79 Å². The quantitative estimate of drug-likeness (QED) is 0.233.